The van der Waals surface area contributed by atoms with Crippen molar-refractivity contribution in [3.8, 4) is 0 Å². The van der Waals surface area contributed by atoms with Crippen molar-refractivity contribution in [1.29, 1.82) is 0 Å². The molecule has 24 heavy (non-hydrogen) atoms. The monoisotopic (exact) mass is 334 g/mol. The van der Waals surface area contributed by atoms with E-state index in [4.69, 9.17) is 10.5 Å². The number of carbonyl (C=O) groups excluding carboxylic acids is 2. The van der Waals surface area contributed by atoms with Crippen molar-refractivity contribution in [3.63, 3.8) is 0 Å². The highest BCUT2D eigenvalue weighted by molar-refractivity contribution is 5.89. The number of ether oxygens (including phenoxy) is 1. The second kappa shape index (κ2) is 6.38. The van der Waals surface area contributed by atoms with E-state index in [1.165, 1.54) is 0 Å². The van der Waals surface area contributed by atoms with Crippen molar-refractivity contribution in [1.82, 2.24) is 9.78 Å². The van der Waals surface area contributed by atoms with E-state index in [2.05, 4.69) is 10.4 Å². The van der Waals surface area contributed by atoms with Gasteiger partial charge in [0, 0.05) is 18.2 Å². The molecule has 0 saturated carbocycles. The summed E-state index contributed by atoms with van der Waals surface area (Å²) >= 11 is 0. The van der Waals surface area contributed by atoms with E-state index in [1.54, 1.807) is 39.0 Å². The van der Waals surface area contributed by atoms with Gasteiger partial charge in [0.15, 0.2) is 0 Å². The molecule has 0 aliphatic rings. The molecular weight excluding hydrogens is 312 g/mol. The summed E-state index contributed by atoms with van der Waals surface area (Å²) in [6, 6.07) is 4.78. The first-order chi connectivity index (χ1) is 11.1. The SMILES string of the molecule is CC(CC(N)=O)Nc1ccc2c(=O)[nH]n(C(=O)OC(C)(C)C)c2c1. The normalized spacial score (nSPS) is 12.8. The van der Waals surface area contributed by atoms with E-state index in [0.29, 0.717) is 16.6 Å². The average Bonchev–Trinajstić information content (AvgIpc) is 2.73. The number of carbonyl (C=O) groups is 2. The molecule has 2 rings (SSSR count). The fourth-order valence-electron chi connectivity index (χ4n) is 2.31. The highest BCUT2D eigenvalue weighted by atomic mass is 16.6. The van der Waals surface area contributed by atoms with Gasteiger partial charge < -0.3 is 15.8 Å². The first-order valence-corrected chi connectivity index (χ1v) is 7.60. The standard InChI is InChI=1S/C16H22N4O4/c1-9(7-13(17)21)18-10-5-6-11-12(8-10)20(19-14(11)22)15(23)24-16(2,3)4/h5-6,8-9,18H,7H2,1-4H3,(H2,17,21)(H,19,22). The number of aromatic nitrogens is 2. The molecule has 1 heterocycles. The fraction of sp³-hybridized carbons (Fsp3) is 0.438. The van der Waals surface area contributed by atoms with E-state index in [-0.39, 0.29) is 18.0 Å². The summed E-state index contributed by atoms with van der Waals surface area (Å²) < 4.78 is 6.37. The third-order valence-electron chi connectivity index (χ3n) is 3.19. The van der Waals surface area contributed by atoms with Crippen LogP contribution in [0.15, 0.2) is 23.0 Å². The lowest BCUT2D eigenvalue weighted by atomic mass is 10.2. The molecule has 0 radical (unpaired) electrons. The molecule has 1 aromatic carbocycles. The number of nitrogens with one attached hydrogen (secondary N) is 2. The largest absolute Gasteiger partial charge is 0.442 e. The van der Waals surface area contributed by atoms with Crippen molar-refractivity contribution >= 4 is 28.6 Å². The number of amides is 1. The second-order valence-electron chi connectivity index (χ2n) is 6.70. The molecule has 0 bridgehead atoms. The lowest BCUT2D eigenvalue weighted by molar-refractivity contribution is -0.118. The zero-order valence-electron chi connectivity index (χ0n) is 14.2. The molecule has 1 atom stereocenters. The van der Waals surface area contributed by atoms with Crippen molar-refractivity contribution in [2.45, 2.75) is 45.8 Å². The van der Waals surface area contributed by atoms with Gasteiger partial charge in [0.25, 0.3) is 5.56 Å². The van der Waals surface area contributed by atoms with Crippen LogP contribution in [0.3, 0.4) is 0 Å². The molecule has 1 aromatic heterocycles. The van der Waals surface area contributed by atoms with Crippen molar-refractivity contribution in [2.24, 2.45) is 5.73 Å². The van der Waals surface area contributed by atoms with Crippen LogP contribution in [0.4, 0.5) is 10.5 Å². The molecule has 2 aromatic rings. The van der Waals surface area contributed by atoms with Gasteiger partial charge in [0.1, 0.15) is 5.60 Å². The van der Waals surface area contributed by atoms with Crippen LogP contribution in [0.25, 0.3) is 10.9 Å². The Morgan fingerprint density at radius 3 is 2.62 bits per heavy atom. The summed E-state index contributed by atoms with van der Waals surface area (Å²) in [5.74, 6) is -0.414. The minimum Gasteiger partial charge on any atom is -0.442 e. The number of nitrogens with zero attached hydrogens (tertiary/aromatic N) is 1. The van der Waals surface area contributed by atoms with Gasteiger partial charge in [0.05, 0.1) is 10.9 Å². The van der Waals surface area contributed by atoms with Gasteiger partial charge in [-0.2, -0.15) is 4.68 Å². The molecule has 0 fully saturated rings. The number of hydrogen-bond donors (Lipinski definition) is 3. The molecule has 0 saturated heterocycles. The first-order valence-electron chi connectivity index (χ1n) is 7.60. The van der Waals surface area contributed by atoms with Crippen molar-refractivity contribution < 1.29 is 14.3 Å². The van der Waals surface area contributed by atoms with Crippen LogP contribution in [0.5, 0.6) is 0 Å². The maximum atomic E-state index is 12.3. The van der Waals surface area contributed by atoms with Gasteiger partial charge in [-0.1, -0.05) is 0 Å². The maximum absolute atomic E-state index is 12.3. The summed E-state index contributed by atoms with van der Waals surface area (Å²) in [5, 5.41) is 5.95. The lowest BCUT2D eigenvalue weighted by Crippen LogP contribution is -2.28. The molecule has 0 aliphatic carbocycles. The van der Waals surface area contributed by atoms with Crippen LogP contribution >= 0.6 is 0 Å². The number of anilines is 1. The van der Waals surface area contributed by atoms with Gasteiger partial charge >= 0.3 is 6.09 Å². The van der Waals surface area contributed by atoms with Crippen LogP contribution in [0, 0.1) is 0 Å². The fourth-order valence-corrected chi connectivity index (χ4v) is 2.31. The van der Waals surface area contributed by atoms with Gasteiger partial charge in [-0.25, -0.2) is 4.79 Å². The third kappa shape index (κ3) is 4.15. The Morgan fingerprint density at radius 1 is 1.38 bits per heavy atom. The number of H-pyrrole nitrogens is 1. The van der Waals surface area contributed by atoms with Crippen molar-refractivity contribution in [3.05, 3.63) is 28.6 Å². The lowest BCUT2D eigenvalue weighted by Gasteiger charge is -2.19. The van der Waals surface area contributed by atoms with Gasteiger partial charge in [-0.3, -0.25) is 14.7 Å². The Hall–Kier alpha value is -2.77. The van der Waals surface area contributed by atoms with Crippen LogP contribution < -0.4 is 16.6 Å². The summed E-state index contributed by atoms with van der Waals surface area (Å²) in [6.45, 7) is 7.04. The van der Waals surface area contributed by atoms with Gasteiger partial charge in [-0.05, 0) is 45.9 Å². The topological polar surface area (TPSA) is 119 Å². The highest BCUT2D eigenvalue weighted by Crippen LogP contribution is 2.19. The van der Waals surface area contributed by atoms with E-state index < -0.39 is 17.6 Å². The number of fused-ring (bicyclic) bond motifs is 1. The zero-order chi connectivity index (χ0) is 18.1. The Kier molecular flexibility index (Phi) is 4.68. The Morgan fingerprint density at radius 2 is 2.04 bits per heavy atom. The molecule has 0 aliphatic heterocycles. The summed E-state index contributed by atoms with van der Waals surface area (Å²) in [7, 11) is 0. The van der Waals surface area contributed by atoms with Crippen LogP contribution in [-0.4, -0.2) is 33.4 Å². The Bertz CT molecular complexity index is 829. The minimum absolute atomic E-state index is 0.171. The molecule has 4 N–H and O–H groups in total. The number of rotatable bonds is 4. The molecule has 1 unspecified atom stereocenters. The predicted molar refractivity (Wildman–Crippen MR) is 91.1 cm³/mol. The van der Waals surface area contributed by atoms with Gasteiger partial charge in [0.2, 0.25) is 5.91 Å². The smallest absolute Gasteiger partial charge is 0.434 e. The Balaban J connectivity index is 2.36. The van der Waals surface area contributed by atoms with E-state index in [1.807, 2.05) is 6.92 Å². The summed E-state index contributed by atoms with van der Waals surface area (Å²) in [5.41, 5.74) is 5.16. The summed E-state index contributed by atoms with van der Waals surface area (Å²) in [6.07, 6.45) is -0.499. The van der Waals surface area contributed by atoms with Crippen molar-refractivity contribution in [2.75, 3.05) is 5.32 Å². The molecule has 8 heteroatoms. The predicted octanol–water partition coefficient (Wildman–Crippen LogP) is 1.79. The number of aromatic amines is 1. The third-order valence-corrected chi connectivity index (χ3v) is 3.19. The van der Waals surface area contributed by atoms with E-state index in [9.17, 15) is 14.4 Å². The van der Waals surface area contributed by atoms with Crippen LogP contribution in [0.2, 0.25) is 0 Å². The molecule has 0 spiro atoms. The molecule has 130 valence electrons. The number of benzene rings is 1. The molecule has 8 nitrogen and oxygen atoms in total. The number of hydrogen-bond acceptors (Lipinski definition) is 5. The van der Waals surface area contributed by atoms with E-state index in [0.717, 1.165) is 4.68 Å². The minimum atomic E-state index is -0.684. The van der Waals surface area contributed by atoms with Crippen LogP contribution in [0.1, 0.15) is 34.1 Å². The zero-order valence-corrected chi connectivity index (χ0v) is 14.2. The first kappa shape index (κ1) is 17.6. The quantitative estimate of drug-likeness (QED) is 0.787. The van der Waals surface area contributed by atoms with Crippen LogP contribution in [-0.2, 0) is 9.53 Å². The Labute approximate surface area is 138 Å². The molecule has 1 amide bonds. The molecular formula is C16H22N4O4. The average molecular weight is 334 g/mol. The summed E-state index contributed by atoms with van der Waals surface area (Å²) in [4.78, 5) is 35.2. The van der Waals surface area contributed by atoms with E-state index >= 15 is 0 Å². The maximum Gasteiger partial charge on any atom is 0.434 e. The second-order valence-corrected chi connectivity index (χ2v) is 6.70. The number of nitrogens with two attached hydrogens (primary N) is 1. The highest BCUT2D eigenvalue weighted by Gasteiger charge is 2.21. The number of primary amides is 1. The van der Waals surface area contributed by atoms with Gasteiger partial charge in [-0.15, -0.1) is 0 Å².